The number of thiophene rings is 1. The minimum absolute atomic E-state index is 0.395. The van der Waals surface area contributed by atoms with Crippen molar-refractivity contribution < 1.29 is 0 Å². The molecule has 0 aromatic carbocycles. The number of nitrogens with one attached hydrogen (secondary N) is 1. The lowest BCUT2D eigenvalue weighted by atomic mass is 9.95. The number of thioether (sulfide) groups is 1. The average molecular weight is 241 g/mol. The molecule has 1 aliphatic heterocycles. The van der Waals surface area contributed by atoms with Gasteiger partial charge in [0, 0.05) is 14.5 Å². The van der Waals surface area contributed by atoms with E-state index in [1.807, 2.05) is 11.3 Å². The van der Waals surface area contributed by atoms with Gasteiger partial charge in [0.1, 0.15) is 0 Å². The van der Waals surface area contributed by atoms with Gasteiger partial charge in [-0.3, -0.25) is 0 Å². The largest absolute Gasteiger partial charge is 0.311 e. The van der Waals surface area contributed by atoms with Crippen LogP contribution in [0.3, 0.4) is 0 Å². The Hall–Kier alpha value is 0.01000. The van der Waals surface area contributed by atoms with Gasteiger partial charge in [0.2, 0.25) is 0 Å². The molecule has 15 heavy (non-hydrogen) atoms. The highest BCUT2D eigenvalue weighted by atomic mass is 32.2. The SMILES string of the molecule is CNC(c1ccc(C)s1)C1(C)CCCS1. The summed E-state index contributed by atoms with van der Waals surface area (Å²) in [5, 5.41) is 3.50. The van der Waals surface area contributed by atoms with Gasteiger partial charge in [-0.15, -0.1) is 11.3 Å². The summed E-state index contributed by atoms with van der Waals surface area (Å²) in [6.07, 6.45) is 2.70. The number of aryl methyl sites for hydroxylation is 1. The van der Waals surface area contributed by atoms with Crippen molar-refractivity contribution in [2.45, 2.75) is 37.5 Å². The number of hydrogen-bond donors (Lipinski definition) is 1. The molecule has 2 rings (SSSR count). The van der Waals surface area contributed by atoms with E-state index in [2.05, 4.69) is 50.1 Å². The topological polar surface area (TPSA) is 12.0 Å². The van der Waals surface area contributed by atoms with Gasteiger partial charge in [-0.25, -0.2) is 0 Å². The zero-order valence-corrected chi connectivity index (χ0v) is 11.3. The summed E-state index contributed by atoms with van der Waals surface area (Å²) in [6.45, 7) is 4.59. The summed E-state index contributed by atoms with van der Waals surface area (Å²) in [4.78, 5) is 2.91. The van der Waals surface area contributed by atoms with Crippen LogP contribution >= 0.6 is 23.1 Å². The van der Waals surface area contributed by atoms with E-state index in [0.717, 1.165) is 0 Å². The van der Waals surface area contributed by atoms with E-state index in [9.17, 15) is 0 Å². The monoisotopic (exact) mass is 241 g/mol. The second kappa shape index (κ2) is 4.48. The molecule has 0 radical (unpaired) electrons. The van der Waals surface area contributed by atoms with Crippen molar-refractivity contribution in [3.63, 3.8) is 0 Å². The zero-order valence-electron chi connectivity index (χ0n) is 9.67. The molecule has 84 valence electrons. The first-order valence-corrected chi connectivity index (χ1v) is 7.33. The van der Waals surface area contributed by atoms with Crippen LogP contribution in [0.25, 0.3) is 0 Å². The van der Waals surface area contributed by atoms with E-state index < -0.39 is 0 Å². The molecule has 0 spiro atoms. The van der Waals surface area contributed by atoms with Crippen molar-refractivity contribution in [1.29, 1.82) is 0 Å². The fourth-order valence-corrected chi connectivity index (χ4v) is 5.05. The average Bonchev–Trinajstić information content (AvgIpc) is 2.78. The maximum Gasteiger partial charge on any atom is 0.0558 e. The summed E-state index contributed by atoms with van der Waals surface area (Å²) in [5.41, 5.74) is 0. The summed E-state index contributed by atoms with van der Waals surface area (Å²) in [5.74, 6) is 1.32. The van der Waals surface area contributed by atoms with Crippen LogP contribution in [0.2, 0.25) is 0 Å². The molecule has 0 amide bonds. The van der Waals surface area contributed by atoms with Gasteiger partial charge < -0.3 is 5.32 Å². The molecule has 1 fully saturated rings. The Bertz CT molecular complexity index is 326. The highest BCUT2D eigenvalue weighted by Crippen LogP contribution is 2.47. The van der Waals surface area contributed by atoms with Crippen molar-refractivity contribution in [2.75, 3.05) is 12.8 Å². The predicted molar refractivity (Wildman–Crippen MR) is 71.0 cm³/mol. The lowest BCUT2D eigenvalue weighted by molar-refractivity contribution is 0.446. The maximum absolute atomic E-state index is 3.50. The molecule has 2 unspecified atom stereocenters. The van der Waals surface area contributed by atoms with Crippen molar-refractivity contribution >= 4 is 23.1 Å². The molecule has 1 aromatic heterocycles. The van der Waals surface area contributed by atoms with Gasteiger partial charge in [0.25, 0.3) is 0 Å². The van der Waals surface area contributed by atoms with Crippen LogP contribution in [0.15, 0.2) is 12.1 Å². The third kappa shape index (κ3) is 2.24. The molecular weight excluding hydrogens is 222 g/mol. The van der Waals surface area contributed by atoms with E-state index >= 15 is 0 Å². The summed E-state index contributed by atoms with van der Waals surface area (Å²) < 4.78 is 0.395. The Balaban J connectivity index is 2.23. The van der Waals surface area contributed by atoms with Crippen molar-refractivity contribution in [1.82, 2.24) is 5.32 Å². The van der Waals surface area contributed by atoms with Gasteiger partial charge >= 0.3 is 0 Å². The van der Waals surface area contributed by atoms with Gasteiger partial charge in [-0.05, 0) is 51.6 Å². The molecule has 2 heterocycles. The summed E-state index contributed by atoms with van der Waals surface area (Å²) >= 11 is 4.06. The Morgan fingerprint density at radius 3 is 2.73 bits per heavy atom. The Labute approximate surface area is 101 Å². The standard InChI is InChI=1S/C12H19NS2/c1-9-5-6-10(15-9)11(13-3)12(2)7-4-8-14-12/h5-6,11,13H,4,7-8H2,1-3H3. The predicted octanol–water partition coefficient (Wildman–Crippen LogP) is 3.60. The molecular formula is C12H19NS2. The van der Waals surface area contributed by atoms with Crippen molar-refractivity contribution in [2.24, 2.45) is 0 Å². The molecule has 0 aliphatic carbocycles. The first kappa shape index (κ1) is 11.5. The normalized spacial score (nSPS) is 28.2. The van der Waals surface area contributed by atoms with Crippen LogP contribution in [-0.4, -0.2) is 17.5 Å². The first-order valence-electron chi connectivity index (χ1n) is 5.53. The van der Waals surface area contributed by atoms with E-state index in [0.29, 0.717) is 10.8 Å². The van der Waals surface area contributed by atoms with Crippen LogP contribution in [0.4, 0.5) is 0 Å². The fourth-order valence-electron chi connectivity index (χ4n) is 2.39. The fraction of sp³-hybridized carbons (Fsp3) is 0.667. The molecule has 2 atom stereocenters. The highest BCUT2D eigenvalue weighted by Gasteiger charge is 2.38. The molecule has 1 aliphatic rings. The first-order chi connectivity index (χ1) is 7.15. The Kier molecular flexibility index (Phi) is 3.43. The maximum atomic E-state index is 3.50. The number of hydrogen-bond acceptors (Lipinski definition) is 3. The second-order valence-electron chi connectivity index (χ2n) is 4.43. The third-order valence-corrected chi connectivity index (χ3v) is 5.85. The van der Waals surface area contributed by atoms with E-state index in [1.165, 1.54) is 28.3 Å². The molecule has 1 nitrogen and oxygen atoms in total. The minimum Gasteiger partial charge on any atom is -0.311 e. The van der Waals surface area contributed by atoms with E-state index in [1.54, 1.807) is 0 Å². The lowest BCUT2D eigenvalue weighted by Gasteiger charge is -2.32. The smallest absolute Gasteiger partial charge is 0.0558 e. The summed E-state index contributed by atoms with van der Waals surface area (Å²) in [6, 6.07) is 5.03. The van der Waals surface area contributed by atoms with Crippen LogP contribution in [0.5, 0.6) is 0 Å². The lowest BCUT2D eigenvalue weighted by Crippen LogP contribution is -2.34. The molecule has 3 heteroatoms. The summed E-state index contributed by atoms with van der Waals surface area (Å²) in [7, 11) is 2.09. The van der Waals surface area contributed by atoms with Crippen molar-refractivity contribution in [3.05, 3.63) is 21.9 Å². The van der Waals surface area contributed by atoms with E-state index in [-0.39, 0.29) is 0 Å². The van der Waals surface area contributed by atoms with Crippen LogP contribution in [-0.2, 0) is 0 Å². The minimum atomic E-state index is 0.395. The van der Waals surface area contributed by atoms with Crippen LogP contribution < -0.4 is 5.32 Å². The van der Waals surface area contributed by atoms with Gasteiger partial charge in [-0.1, -0.05) is 0 Å². The van der Waals surface area contributed by atoms with Crippen LogP contribution in [0, 0.1) is 6.92 Å². The van der Waals surface area contributed by atoms with E-state index in [4.69, 9.17) is 0 Å². The molecule has 1 saturated heterocycles. The molecule has 0 saturated carbocycles. The quantitative estimate of drug-likeness (QED) is 0.868. The second-order valence-corrected chi connectivity index (χ2v) is 7.38. The molecule has 1 aromatic rings. The molecule has 0 bridgehead atoms. The third-order valence-electron chi connectivity index (χ3n) is 3.19. The number of rotatable bonds is 3. The van der Waals surface area contributed by atoms with Crippen LogP contribution in [0.1, 0.15) is 35.6 Å². The Morgan fingerprint density at radius 1 is 1.47 bits per heavy atom. The molecule has 1 N–H and O–H groups in total. The Morgan fingerprint density at radius 2 is 2.27 bits per heavy atom. The zero-order chi connectivity index (χ0) is 10.9. The van der Waals surface area contributed by atoms with Gasteiger partial charge in [0.15, 0.2) is 0 Å². The van der Waals surface area contributed by atoms with Gasteiger partial charge in [-0.2, -0.15) is 11.8 Å². The van der Waals surface area contributed by atoms with Gasteiger partial charge in [0.05, 0.1) is 6.04 Å². The highest BCUT2D eigenvalue weighted by molar-refractivity contribution is 8.00. The van der Waals surface area contributed by atoms with Crippen molar-refractivity contribution in [3.8, 4) is 0 Å².